The summed E-state index contributed by atoms with van der Waals surface area (Å²) in [5, 5.41) is 0. The zero-order valence-corrected chi connectivity index (χ0v) is 7.25. The van der Waals surface area contributed by atoms with Crippen molar-refractivity contribution < 1.29 is 21.6 Å². The molecule has 0 aromatic carbocycles. The topological polar surface area (TPSA) is 26.3 Å². The van der Waals surface area contributed by atoms with E-state index in [1.54, 1.807) is 0 Å². The number of alkyl halides is 3. The molecule has 2 nitrogen and oxygen atoms in total. The van der Waals surface area contributed by atoms with Crippen molar-refractivity contribution in [1.82, 2.24) is 0 Å². The van der Waals surface area contributed by atoms with E-state index in [0.29, 0.717) is 0 Å². The highest BCUT2D eigenvalue weighted by Gasteiger charge is 2.41. The van der Waals surface area contributed by atoms with Crippen LogP contribution in [0.2, 0.25) is 0 Å². The Labute approximate surface area is 70.8 Å². The molecule has 12 heavy (non-hydrogen) atoms. The van der Waals surface area contributed by atoms with Gasteiger partial charge < -0.3 is 0 Å². The van der Waals surface area contributed by atoms with Gasteiger partial charge in [0.05, 0.1) is 0 Å². The first-order valence-electron chi connectivity index (χ1n) is 2.85. The molecule has 0 saturated carbocycles. The molecule has 0 radical (unpaired) electrons. The Morgan fingerprint density at radius 2 is 1.83 bits per heavy atom. The van der Waals surface area contributed by atoms with E-state index in [-0.39, 0.29) is 0 Å². The predicted octanol–water partition coefficient (Wildman–Crippen LogP) is 1.60. The molecular formula is C6H7F3O2S. The molecule has 0 aromatic rings. The Kier molecular flexibility index (Phi) is 3.30. The molecule has 0 fully saturated rings. The summed E-state index contributed by atoms with van der Waals surface area (Å²) in [7, 11) is 0. The normalized spacial score (nSPS) is 15.3. The van der Waals surface area contributed by atoms with E-state index in [9.17, 15) is 17.4 Å². The van der Waals surface area contributed by atoms with Crippen molar-refractivity contribution >= 4 is 11.1 Å². The van der Waals surface area contributed by atoms with Crippen LogP contribution in [0, 0.1) is 12.3 Å². The summed E-state index contributed by atoms with van der Waals surface area (Å²) in [6.45, 7) is 2.44. The van der Waals surface area contributed by atoms with Crippen molar-refractivity contribution in [1.29, 1.82) is 0 Å². The first kappa shape index (κ1) is 11.5. The lowest BCUT2D eigenvalue weighted by Crippen LogP contribution is -2.29. The number of terminal acetylenes is 1. The lowest BCUT2D eigenvalue weighted by atomic mass is 10.2. The quantitative estimate of drug-likeness (QED) is 0.633. The van der Waals surface area contributed by atoms with Crippen LogP contribution in [0.5, 0.6) is 0 Å². The lowest BCUT2D eigenvalue weighted by Gasteiger charge is -2.17. The third-order valence-electron chi connectivity index (χ3n) is 0.821. The molecule has 0 heterocycles. The van der Waals surface area contributed by atoms with Crippen molar-refractivity contribution in [2.45, 2.75) is 25.0 Å². The van der Waals surface area contributed by atoms with Gasteiger partial charge in [-0.15, -0.1) is 6.42 Å². The molecule has 1 atom stereocenters. The number of hydrogen-bond donors (Lipinski definition) is 0. The third kappa shape index (κ3) is 3.74. The van der Waals surface area contributed by atoms with Gasteiger partial charge in [-0.1, -0.05) is 5.92 Å². The van der Waals surface area contributed by atoms with E-state index in [2.05, 4.69) is 4.18 Å². The molecule has 6 heteroatoms. The van der Waals surface area contributed by atoms with Gasteiger partial charge >= 0.3 is 5.51 Å². The van der Waals surface area contributed by atoms with Crippen molar-refractivity contribution in [2.75, 3.05) is 0 Å². The van der Waals surface area contributed by atoms with Gasteiger partial charge in [-0.2, -0.15) is 13.2 Å². The fourth-order valence-corrected chi connectivity index (χ4v) is 0.782. The van der Waals surface area contributed by atoms with E-state index in [4.69, 9.17) is 6.42 Å². The van der Waals surface area contributed by atoms with Crippen LogP contribution in [-0.2, 0) is 15.3 Å². The van der Waals surface area contributed by atoms with Crippen LogP contribution in [0.4, 0.5) is 13.2 Å². The maximum atomic E-state index is 11.6. The number of hydrogen-bond acceptors (Lipinski definition) is 2. The highest BCUT2D eigenvalue weighted by molar-refractivity contribution is 7.81. The minimum Gasteiger partial charge on any atom is -0.264 e. The predicted molar refractivity (Wildman–Crippen MR) is 38.2 cm³/mol. The van der Waals surface area contributed by atoms with Crippen molar-refractivity contribution in [3.05, 3.63) is 0 Å². The molecule has 1 unspecified atom stereocenters. The Hall–Kier alpha value is -0.540. The minimum absolute atomic E-state index is 1.22. The Bertz CT molecular complexity index is 226. The third-order valence-corrected chi connectivity index (χ3v) is 1.77. The van der Waals surface area contributed by atoms with E-state index >= 15 is 0 Å². The fourth-order valence-electron chi connectivity index (χ4n) is 0.261. The van der Waals surface area contributed by atoms with Crippen LogP contribution in [-0.4, -0.2) is 15.3 Å². The number of halogens is 3. The summed E-state index contributed by atoms with van der Waals surface area (Å²) in [4.78, 5) is 0. The summed E-state index contributed by atoms with van der Waals surface area (Å²) in [5.41, 5.74) is -6.35. The van der Waals surface area contributed by atoms with Crippen LogP contribution < -0.4 is 0 Å². The standard InChI is InChI=1S/C6H7F3O2S/c1-4-5(2,3)11-12(10)6(7,8)9/h1H,2-3H3. The summed E-state index contributed by atoms with van der Waals surface area (Å²) >= 11 is -3.35. The molecule has 0 aliphatic carbocycles. The minimum atomic E-state index is -4.88. The van der Waals surface area contributed by atoms with E-state index in [1.807, 2.05) is 5.92 Å². The van der Waals surface area contributed by atoms with Gasteiger partial charge in [0.2, 0.25) is 0 Å². The lowest BCUT2D eigenvalue weighted by molar-refractivity contribution is -0.0513. The van der Waals surface area contributed by atoms with Crippen molar-refractivity contribution in [2.24, 2.45) is 0 Å². The van der Waals surface area contributed by atoms with Gasteiger partial charge in [0.25, 0.3) is 11.1 Å². The van der Waals surface area contributed by atoms with Gasteiger partial charge in [0.1, 0.15) is 5.60 Å². The average Bonchev–Trinajstić information content (AvgIpc) is 1.85. The van der Waals surface area contributed by atoms with Gasteiger partial charge in [0, 0.05) is 0 Å². The zero-order chi connectivity index (χ0) is 9.99. The first-order valence-corrected chi connectivity index (χ1v) is 3.92. The highest BCUT2D eigenvalue weighted by atomic mass is 32.2. The molecular weight excluding hydrogens is 193 g/mol. The maximum absolute atomic E-state index is 11.6. The second-order valence-corrected chi connectivity index (χ2v) is 3.52. The molecule has 70 valence electrons. The molecule has 0 spiro atoms. The molecule has 0 aliphatic heterocycles. The average molecular weight is 200 g/mol. The smallest absolute Gasteiger partial charge is 0.264 e. The molecule has 0 rings (SSSR count). The maximum Gasteiger partial charge on any atom is 0.497 e. The van der Waals surface area contributed by atoms with Crippen LogP contribution in [0.3, 0.4) is 0 Å². The molecule has 0 N–H and O–H groups in total. The number of rotatable bonds is 2. The Morgan fingerprint density at radius 3 is 2.08 bits per heavy atom. The second kappa shape index (κ2) is 3.46. The molecule has 0 aromatic heterocycles. The second-order valence-electron chi connectivity index (χ2n) is 2.42. The largest absolute Gasteiger partial charge is 0.497 e. The molecule has 0 bridgehead atoms. The van der Waals surface area contributed by atoms with Gasteiger partial charge in [-0.25, -0.2) is 4.21 Å². The Morgan fingerprint density at radius 1 is 1.42 bits per heavy atom. The molecule has 0 amide bonds. The van der Waals surface area contributed by atoms with Crippen LogP contribution in [0.1, 0.15) is 13.8 Å². The van der Waals surface area contributed by atoms with E-state index < -0.39 is 22.2 Å². The highest BCUT2D eigenvalue weighted by Crippen LogP contribution is 2.24. The zero-order valence-electron chi connectivity index (χ0n) is 6.44. The summed E-state index contributed by atoms with van der Waals surface area (Å²) < 4.78 is 49.2. The summed E-state index contributed by atoms with van der Waals surface area (Å²) in [6, 6.07) is 0. The first-order chi connectivity index (χ1) is 5.19. The molecule has 0 saturated heterocycles. The van der Waals surface area contributed by atoms with Crippen LogP contribution in [0.15, 0.2) is 0 Å². The monoisotopic (exact) mass is 200 g/mol. The summed E-state index contributed by atoms with van der Waals surface area (Å²) in [6.07, 6.45) is 4.82. The fraction of sp³-hybridized carbons (Fsp3) is 0.667. The van der Waals surface area contributed by atoms with Crippen LogP contribution >= 0.6 is 0 Å². The van der Waals surface area contributed by atoms with Crippen molar-refractivity contribution in [3.8, 4) is 12.3 Å². The Balaban J connectivity index is 4.33. The van der Waals surface area contributed by atoms with Crippen molar-refractivity contribution in [3.63, 3.8) is 0 Å². The van der Waals surface area contributed by atoms with E-state index in [0.717, 1.165) is 0 Å². The summed E-state index contributed by atoms with van der Waals surface area (Å²) in [5.74, 6) is 1.93. The van der Waals surface area contributed by atoms with Crippen LogP contribution in [0.25, 0.3) is 0 Å². The SMILES string of the molecule is C#CC(C)(C)OS(=O)C(F)(F)F. The van der Waals surface area contributed by atoms with Gasteiger partial charge in [0.15, 0.2) is 0 Å². The van der Waals surface area contributed by atoms with Gasteiger partial charge in [-0.05, 0) is 13.8 Å². The van der Waals surface area contributed by atoms with E-state index in [1.165, 1.54) is 13.8 Å². The molecule has 0 aliphatic rings. The van der Waals surface area contributed by atoms with Gasteiger partial charge in [-0.3, -0.25) is 4.18 Å².